The lowest BCUT2D eigenvalue weighted by Gasteiger charge is -2.27. The molecule has 2 aromatic carbocycles. The third-order valence-corrected chi connectivity index (χ3v) is 7.64. The highest BCUT2D eigenvalue weighted by Crippen LogP contribution is 2.52. The minimum absolute atomic E-state index is 0.0673. The van der Waals surface area contributed by atoms with E-state index in [1.807, 2.05) is 58.0 Å². The normalized spacial score (nSPS) is 13.2. The Bertz CT molecular complexity index is 1330. The number of carbonyl (C=O) groups is 1. The molecule has 1 N–H and O–H groups in total. The molecule has 0 bridgehead atoms. The van der Waals surface area contributed by atoms with Gasteiger partial charge in [0, 0.05) is 11.1 Å². The van der Waals surface area contributed by atoms with Crippen molar-refractivity contribution in [1.29, 1.82) is 0 Å². The Hall–Kier alpha value is -3.43. The van der Waals surface area contributed by atoms with E-state index in [9.17, 15) is 18.9 Å². The molecule has 3 atom stereocenters. The number of aliphatic hydroxyl groups excluding tert-OH is 1. The van der Waals surface area contributed by atoms with Gasteiger partial charge in [0.2, 0.25) is 5.66 Å². The summed E-state index contributed by atoms with van der Waals surface area (Å²) in [4.78, 5) is 17.3. The fraction of sp³-hybridized carbons (Fsp3) is 0.333. The summed E-state index contributed by atoms with van der Waals surface area (Å²) >= 11 is 0. The van der Waals surface area contributed by atoms with Crippen LogP contribution in [-0.4, -0.2) is 29.3 Å². The number of esters is 1. The van der Waals surface area contributed by atoms with Gasteiger partial charge in [-0.05, 0) is 45.2 Å². The van der Waals surface area contributed by atoms with E-state index in [-0.39, 0.29) is 11.8 Å². The van der Waals surface area contributed by atoms with Gasteiger partial charge in [0.15, 0.2) is 0 Å². The van der Waals surface area contributed by atoms with E-state index in [1.165, 1.54) is 19.2 Å². The molecule has 0 radical (unpaired) electrons. The Morgan fingerprint density at radius 1 is 1.03 bits per heavy atom. The highest BCUT2D eigenvalue weighted by atomic mass is 31.1. The zero-order chi connectivity index (χ0) is 28.0. The van der Waals surface area contributed by atoms with Gasteiger partial charge in [0.05, 0.1) is 24.9 Å². The molecule has 8 heteroatoms. The number of hydrogen-bond acceptors (Lipinski definition) is 6. The molecule has 3 unspecified atom stereocenters. The van der Waals surface area contributed by atoms with Crippen molar-refractivity contribution in [2.45, 2.75) is 57.7 Å². The van der Waals surface area contributed by atoms with Crippen LogP contribution >= 0.6 is 8.03 Å². The van der Waals surface area contributed by atoms with Crippen LogP contribution in [-0.2, 0) is 18.6 Å². The van der Waals surface area contributed by atoms with Crippen molar-refractivity contribution in [2.24, 2.45) is 0 Å². The Labute approximate surface area is 224 Å². The number of rotatable bonds is 10. The van der Waals surface area contributed by atoms with Crippen LogP contribution in [0.2, 0.25) is 0 Å². The van der Waals surface area contributed by atoms with Gasteiger partial charge in [-0.25, -0.2) is 4.39 Å². The molecule has 1 aromatic heterocycles. The number of terminal acetylenes is 1. The van der Waals surface area contributed by atoms with Gasteiger partial charge in [-0.15, -0.1) is 4.52 Å². The first kappa shape index (κ1) is 29.1. The van der Waals surface area contributed by atoms with Crippen molar-refractivity contribution in [1.82, 2.24) is 4.98 Å². The number of aliphatic hydroxyl groups is 1. The molecular formula is C30H32FNO5P+. The Morgan fingerprint density at radius 3 is 2.18 bits per heavy atom. The van der Waals surface area contributed by atoms with Gasteiger partial charge in [-0.1, -0.05) is 76.6 Å². The molecule has 0 amide bonds. The summed E-state index contributed by atoms with van der Waals surface area (Å²) in [7, 11) is -1.24. The van der Waals surface area contributed by atoms with Gasteiger partial charge in [0.1, 0.15) is 18.0 Å². The van der Waals surface area contributed by atoms with E-state index < -0.39 is 38.0 Å². The zero-order valence-corrected chi connectivity index (χ0v) is 23.0. The van der Waals surface area contributed by atoms with Crippen LogP contribution in [0.25, 0.3) is 22.4 Å². The summed E-state index contributed by atoms with van der Waals surface area (Å²) in [6.45, 7) is 7.92. The topological polar surface area (TPSA) is 85.7 Å². The second kappa shape index (κ2) is 12.9. The number of carbonyl (C=O) groups excluding carboxylic acids is 1. The lowest BCUT2D eigenvalue weighted by molar-refractivity contribution is -0.139. The maximum Gasteiger partial charge on any atom is 0.518 e. The molecule has 0 aliphatic heterocycles. The third kappa shape index (κ3) is 6.34. The van der Waals surface area contributed by atoms with Crippen LogP contribution < -0.4 is 0 Å². The SMILES string of the molecule is C#COC(=O)CC(O)C(c1c(C(C)C)nc(-c2ccccc2)c(C(C)C)c1-c1ccc(F)cc1)[P+](=O)OC. The van der Waals surface area contributed by atoms with E-state index in [0.717, 1.165) is 16.8 Å². The Morgan fingerprint density at radius 2 is 1.66 bits per heavy atom. The second-order valence-electron chi connectivity index (χ2n) is 9.51. The molecule has 0 fully saturated rings. The number of halogens is 1. The summed E-state index contributed by atoms with van der Waals surface area (Å²) in [6.07, 6.45) is 4.93. The first-order valence-electron chi connectivity index (χ1n) is 12.3. The van der Waals surface area contributed by atoms with Gasteiger partial charge in [-0.3, -0.25) is 9.78 Å². The highest BCUT2D eigenvalue weighted by molar-refractivity contribution is 7.39. The summed E-state index contributed by atoms with van der Waals surface area (Å²) in [6, 6.07) is 15.7. The molecule has 6 nitrogen and oxygen atoms in total. The van der Waals surface area contributed by atoms with E-state index in [1.54, 1.807) is 18.2 Å². The van der Waals surface area contributed by atoms with Crippen molar-refractivity contribution in [3.63, 3.8) is 0 Å². The van der Waals surface area contributed by atoms with Crippen molar-refractivity contribution in [3.8, 4) is 34.9 Å². The van der Waals surface area contributed by atoms with E-state index in [0.29, 0.717) is 22.4 Å². The van der Waals surface area contributed by atoms with Gasteiger partial charge in [0.25, 0.3) is 0 Å². The smallest absolute Gasteiger partial charge is 0.387 e. The summed E-state index contributed by atoms with van der Waals surface area (Å²) in [5, 5.41) is 11.3. The number of hydrogen-bond donors (Lipinski definition) is 1. The first-order valence-corrected chi connectivity index (χ1v) is 13.6. The molecule has 3 aromatic rings. The van der Waals surface area contributed by atoms with Crippen LogP contribution in [0.3, 0.4) is 0 Å². The molecule has 1 heterocycles. The van der Waals surface area contributed by atoms with Crippen LogP contribution in [0, 0.1) is 18.3 Å². The zero-order valence-electron chi connectivity index (χ0n) is 22.1. The first-order chi connectivity index (χ1) is 18.1. The molecule has 0 spiro atoms. The lowest BCUT2D eigenvalue weighted by atomic mass is 9.81. The largest absolute Gasteiger partial charge is 0.518 e. The molecule has 38 heavy (non-hydrogen) atoms. The number of ether oxygens (including phenoxy) is 1. The fourth-order valence-corrected chi connectivity index (χ4v) is 5.71. The predicted octanol–water partition coefficient (Wildman–Crippen LogP) is 7.12. The van der Waals surface area contributed by atoms with Crippen molar-refractivity contribution < 1.29 is 28.1 Å². The van der Waals surface area contributed by atoms with Gasteiger partial charge < -0.3 is 9.84 Å². The molecule has 0 saturated heterocycles. The Kier molecular flexibility index (Phi) is 9.88. The van der Waals surface area contributed by atoms with Crippen LogP contribution in [0.15, 0.2) is 54.6 Å². The monoisotopic (exact) mass is 536 g/mol. The molecule has 0 aliphatic rings. The molecule has 198 valence electrons. The average molecular weight is 537 g/mol. The van der Waals surface area contributed by atoms with Gasteiger partial charge >= 0.3 is 14.0 Å². The van der Waals surface area contributed by atoms with Crippen LogP contribution in [0.4, 0.5) is 4.39 Å². The van der Waals surface area contributed by atoms with Crippen LogP contribution in [0.1, 0.15) is 68.4 Å². The van der Waals surface area contributed by atoms with Crippen LogP contribution in [0.5, 0.6) is 0 Å². The van der Waals surface area contributed by atoms with Crippen molar-refractivity contribution in [3.05, 3.63) is 77.2 Å². The fourth-order valence-electron chi connectivity index (χ4n) is 4.62. The number of nitrogens with zero attached hydrogens (tertiary/aromatic N) is 1. The molecular weight excluding hydrogens is 504 g/mol. The number of aromatic nitrogens is 1. The maximum atomic E-state index is 14.0. The summed E-state index contributed by atoms with van der Waals surface area (Å²) in [5.74, 6) is -1.47. The minimum atomic E-state index is -2.52. The predicted molar refractivity (Wildman–Crippen MR) is 146 cm³/mol. The maximum absolute atomic E-state index is 14.0. The van der Waals surface area contributed by atoms with Crippen molar-refractivity contribution in [2.75, 3.05) is 7.11 Å². The molecule has 0 saturated carbocycles. The lowest BCUT2D eigenvalue weighted by Crippen LogP contribution is -2.24. The molecule has 3 rings (SSSR count). The number of benzene rings is 2. The minimum Gasteiger partial charge on any atom is -0.387 e. The van der Waals surface area contributed by atoms with E-state index in [4.69, 9.17) is 15.9 Å². The number of pyridine rings is 1. The Balaban J connectivity index is 2.50. The average Bonchev–Trinajstić information content (AvgIpc) is 2.89. The van der Waals surface area contributed by atoms with Crippen molar-refractivity contribution >= 4 is 14.0 Å². The van der Waals surface area contributed by atoms with E-state index >= 15 is 0 Å². The third-order valence-electron chi connectivity index (χ3n) is 6.22. The van der Waals surface area contributed by atoms with Gasteiger partial charge in [-0.2, -0.15) is 0 Å². The summed E-state index contributed by atoms with van der Waals surface area (Å²) < 4.78 is 37.3. The highest BCUT2D eigenvalue weighted by Gasteiger charge is 2.46. The quantitative estimate of drug-likeness (QED) is 0.169. The molecule has 0 aliphatic carbocycles. The second-order valence-corrected chi connectivity index (χ2v) is 11.0. The van der Waals surface area contributed by atoms with E-state index in [2.05, 4.69) is 4.74 Å². The summed E-state index contributed by atoms with van der Waals surface area (Å²) in [5.41, 5.74) is 3.72. The standard InChI is InChI=1S/C30H32FNO5P/c1-7-37-24(34)17-23(33)30(38(35)36-6)27-26(20-13-15-22(31)16-14-20)25(18(2)3)29(32-28(27)19(4)5)21-11-9-8-10-12-21/h1,8-16,18-19,23,30,33H,17H2,2-6H3/q+1.